The van der Waals surface area contributed by atoms with Crippen LogP contribution in [0, 0.1) is 35.5 Å². The van der Waals surface area contributed by atoms with E-state index >= 15 is 0 Å². The van der Waals surface area contributed by atoms with Gasteiger partial charge in [-0.15, -0.1) is 6.58 Å². The molecule has 1 fully saturated rings. The van der Waals surface area contributed by atoms with Gasteiger partial charge in [0, 0.05) is 23.3 Å². The first-order chi connectivity index (χ1) is 15.6. The number of carbonyl (C=O) groups excluding carboxylic acids is 3. The van der Waals surface area contributed by atoms with Crippen LogP contribution in [0.4, 0.5) is 0 Å². The molecule has 0 saturated heterocycles. The van der Waals surface area contributed by atoms with E-state index in [1.165, 1.54) is 0 Å². The summed E-state index contributed by atoms with van der Waals surface area (Å²) in [5.41, 5.74) is -1.40. The van der Waals surface area contributed by atoms with E-state index in [1.807, 2.05) is 13.8 Å². The number of carboxylic acids is 1. The minimum absolute atomic E-state index is 0.0215. The number of carbonyl (C=O) groups is 4. The number of hydrogen-bond acceptors (Lipinski definition) is 5. The minimum Gasteiger partial charge on any atom is -0.481 e. The van der Waals surface area contributed by atoms with Crippen LogP contribution in [0.15, 0.2) is 36.0 Å². The highest BCUT2D eigenvalue weighted by molar-refractivity contribution is 6.33. The number of amides is 2. The van der Waals surface area contributed by atoms with Crippen LogP contribution in [0.25, 0.3) is 0 Å². The molecule has 1 saturated carbocycles. The van der Waals surface area contributed by atoms with E-state index in [-0.39, 0.29) is 29.4 Å². The van der Waals surface area contributed by atoms with Crippen LogP contribution in [0.3, 0.4) is 0 Å². The van der Waals surface area contributed by atoms with E-state index in [0.29, 0.717) is 12.8 Å². The molecule has 3 N–H and O–H groups in total. The third-order valence-corrected chi connectivity index (χ3v) is 7.70. The lowest BCUT2D eigenvalue weighted by Crippen LogP contribution is -2.55. The number of hydrogen-bond donors (Lipinski definition) is 3. The smallest absolute Gasteiger partial charge is 0.306 e. The molecule has 1 heterocycles. The first-order valence-corrected chi connectivity index (χ1v) is 12.0. The maximum atomic E-state index is 13.9. The van der Waals surface area contributed by atoms with Gasteiger partial charge in [0.2, 0.25) is 0 Å². The normalized spacial score (nSPS) is 34.6. The second-order valence-electron chi connectivity index (χ2n) is 9.99. The Morgan fingerprint density at radius 2 is 1.97 bits per heavy atom. The molecule has 7 atom stereocenters. The van der Waals surface area contributed by atoms with Crippen molar-refractivity contribution in [3.63, 3.8) is 0 Å². The van der Waals surface area contributed by atoms with E-state index in [2.05, 4.69) is 18.8 Å². The van der Waals surface area contributed by atoms with Crippen LogP contribution in [0.5, 0.6) is 0 Å². The quantitative estimate of drug-likeness (QED) is 0.212. The Labute approximate surface area is 195 Å². The number of aliphatic hydroxyl groups is 1. The van der Waals surface area contributed by atoms with Gasteiger partial charge in [-0.2, -0.15) is 0 Å². The van der Waals surface area contributed by atoms with Gasteiger partial charge in [0.15, 0.2) is 5.78 Å². The summed E-state index contributed by atoms with van der Waals surface area (Å²) in [6, 6.07) is 0. The molecule has 7 nitrogen and oxygen atoms in total. The first-order valence-electron chi connectivity index (χ1n) is 12.0. The first kappa shape index (κ1) is 25.1. The summed E-state index contributed by atoms with van der Waals surface area (Å²) in [5.74, 6) is -5.57. The van der Waals surface area contributed by atoms with Gasteiger partial charge in [-0.05, 0) is 31.1 Å². The highest BCUT2D eigenvalue weighted by Gasteiger charge is 2.55. The highest BCUT2D eigenvalue weighted by atomic mass is 16.4. The minimum atomic E-state index is -1.45. The van der Waals surface area contributed by atoms with Crippen molar-refractivity contribution in [3.8, 4) is 0 Å². The molecule has 0 radical (unpaired) electrons. The third-order valence-electron chi connectivity index (χ3n) is 7.70. The van der Waals surface area contributed by atoms with Gasteiger partial charge in [-0.25, -0.2) is 0 Å². The van der Waals surface area contributed by atoms with Gasteiger partial charge in [0.25, 0.3) is 11.8 Å². The third kappa shape index (κ3) is 4.60. The number of unbranched alkanes of at least 4 members (excludes halogenated alkanes) is 2. The van der Waals surface area contributed by atoms with E-state index in [9.17, 15) is 29.4 Å². The monoisotopic (exact) mass is 457 g/mol. The summed E-state index contributed by atoms with van der Waals surface area (Å²) in [6.45, 7) is 9.61. The lowest BCUT2D eigenvalue weighted by Gasteiger charge is -2.51. The molecule has 180 valence electrons. The second-order valence-corrected chi connectivity index (χ2v) is 9.99. The topological polar surface area (TPSA) is 121 Å². The average molecular weight is 458 g/mol. The van der Waals surface area contributed by atoms with Gasteiger partial charge in [-0.3, -0.25) is 24.5 Å². The number of carboxylic acid groups (broad SMARTS) is 1. The fourth-order valence-electron chi connectivity index (χ4n) is 6.13. The molecule has 33 heavy (non-hydrogen) atoms. The van der Waals surface area contributed by atoms with Gasteiger partial charge < -0.3 is 10.2 Å². The molecular weight excluding hydrogens is 422 g/mol. The largest absolute Gasteiger partial charge is 0.481 e. The summed E-state index contributed by atoms with van der Waals surface area (Å²) in [4.78, 5) is 51.1. The summed E-state index contributed by atoms with van der Waals surface area (Å²) in [5, 5.41) is 23.3. The van der Waals surface area contributed by atoms with Gasteiger partial charge in [0.05, 0.1) is 17.1 Å². The molecule has 7 heteroatoms. The molecule has 3 rings (SSSR count). The van der Waals surface area contributed by atoms with Crippen molar-refractivity contribution in [3.05, 3.63) is 36.0 Å². The summed E-state index contributed by atoms with van der Waals surface area (Å²) < 4.78 is 0. The Morgan fingerprint density at radius 1 is 1.27 bits per heavy atom. The molecule has 0 aromatic carbocycles. The molecule has 2 unspecified atom stereocenters. The average Bonchev–Trinajstić information content (AvgIpc) is 3.05. The molecular formula is C26H35NO6. The van der Waals surface area contributed by atoms with Crippen LogP contribution >= 0.6 is 0 Å². The Balaban J connectivity index is 2.02. The van der Waals surface area contributed by atoms with E-state index in [4.69, 9.17) is 0 Å². The van der Waals surface area contributed by atoms with Crippen molar-refractivity contribution in [1.82, 2.24) is 5.32 Å². The number of Topliss-reactive ketones (excluding diaryl/α,β-unsaturated/α-hetero) is 1. The van der Waals surface area contributed by atoms with Crippen LogP contribution in [-0.4, -0.2) is 39.4 Å². The molecule has 2 aliphatic carbocycles. The molecule has 3 aliphatic rings. The predicted octanol–water partition coefficient (Wildman–Crippen LogP) is 3.19. The Hall–Kier alpha value is -2.54. The standard InChI is InChI=1S/C26H35NO6/c1-5-7-8-9-16(6-2)19-20(24(30)27-23(19)29)22(28)18-14(3)10-11-26(33)13-17(25(31)32)12-15(4)21(18)26/h6,10-11,14-18,21,33H,2,5,7-9,12-13H2,1,3-4H3,(H,31,32)(H,27,29,30)/t14-,15+,16-,17-,18?,21?,26+/m1/s1. The van der Waals surface area contributed by atoms with Crippen molar-refractivity contribution in [2.75, 3.05) is 0 Å². The molecule has 0 aromatic rings. The van der Waals surface area contributed by atoms with Crippen LogP contribution in [-0.2, 0) is 19.2 Å². The zero-order valence-corrected chi connectivity index (χ0v) is 19.7. The Bertz CT molecular complexity index is 918. The number of allylic oxidation sites excluding steroid dienone is 2. The Kier molecular flexibility index (Phi) is 7.42. The second kappa shape index (κ2) is 9.75. The fourth-order valence-corrected chi connectivity index (χ4v) is 6.13. The van der Waals surface area contributed by atoms with Crippen molar-refractivity contribution < 1.29 is 29.4 Å². The van der Waals surface area contributed by atoms with Crippen molar-refractivity contribution >= 4 is 23.6 Å². The van der Waals surface area contributed by atoms with E-state index in [0.717, 1.165) is 19.3 Å². The number of fused-ring (bicyclic) bond motifs is 1. The van der Waals surface area contributed by atoms with E-state index in [1.54, 1.807) is 18.2 Å². The fraction of sp³-hybridized carbons (Fsp3) is 0.615. The van der Waals surface area contributed by atoms with Gasteiger partial charge in [-0.1, -0.05) is 58.3 Å². The number of nitrogens with one attached hydrogen (secondary N) is 1. The van der Waals surface area contributed by atoms with Crippen molar-refractivity contribution in [2.45, 2.75) is 64.9 Å². The molecule has 1 aliphatic heterocycles. The molecule has 0 bridgehead atoms. The van der Waals surface area contributed by atoms with Crippen LogP contribution < -0.4 is 5.32 Å². The number of imide groups is 1. The molecule has 2 amide bonds. The molecule has 0 aromatic heterocycles. The predicted molar refractivity (Wildman–Crippen MR) is 123 cm³/mol. The van der Waals surface area contributed by atoms with Crippen LogP contribution in [0.2, 0.25) is 0 Å². The van der Waals surface area contributed by atoms with Crippen molar-refractivity contribution in [2.24, 2.45) is 35.5 Å². The lowest BCUT2D eigenvalue weighted by molar-refractivity contribution is -0.155. The van der Waals surface area contributed by atoms with Gasteiger partial charge in [0.1, 0.15) is 0 Å². The van der Waals surface area contributed by atoms with Crippen molar-refractivity contribution in [1.29, 1.82) is 0 Å². The number of ketones is 1. The van der Waals surface area contributed by atoms with Crippen LogP contribution in [0.1, 0.15) is 59.3 Å². The lowest BCUT2D eigenvalue weighted by atomic mass is 9.55. The molecule has 0 spiro atoms. The zero-order valence-electron chi connectivity index (χ0n) is 19.7. The summed E-state index contributed by atoms with van der Waals surface area (Å²) in [7, 11) is 0. The zero-order chi connectivity index (χ0) is 24.5. The maximum absolute atomic E-state index is 13.9. The van der Waals surface area contributed by atoms with E-state index < -0.39 is 52.8 Å². The number of aliphatic carboxylic acids is 1. The number of rotatable bonds is 9. The maximum Gasteiger partial charge on any atom is 0.306 e. The SMILES string of the molecule is C=C[C@H](CCCCC)C1=C(C(=O)C2C3[C@@H](C)C[C@@H](C(=O)O)C[C@@]3(O)C=C[C@H]2C)C(=O)NC1=O. The van der Waals surface area contributed by atoms with Gasteiger partial charge >= 0.3 is 5.97 Å². The highest BCUT2D eigenvalue weighted by Crippen LogP contribution is 2.51. The summed E-state index contributed by atoms with van der Waals surface area (Å²) >= 11 is 0. The Morgan fingerprint density at radius 3 is 2.58 bits per heavy atom. The summed E-state index contributed by atoms with van der Waals surface area (Å²) in [6.07, 6.45) is 8.79.